The molecule has 1 aromatic heterocycles. The average Bonchev–Trinajstić information content (AvgIpc) is 3.14. The van der Waals surface area contributed by atoms with Crippen LogP contribution in [0.2, 0.25) is 10.0 Å². The molecule has 3 aromatic rings. The largest absolute Gasteiger partial charge is 0.298 e. The molecule has 0 fully saturated rings. The van der Waals surface area contributed by atoms with Crippen molar-refractivity contribution in [3.05, 3.63) is 77.3 Å². The number of sulfonamides is 1. The second kappa shape index (κ2) is 9.28. The number of aromatic nitrogens is 1. The van der Waals surface area contributed by atoms with E-state index in [2.05, 4.69) is 23.5 Å². The van der Waals surface area contributed by atoms with Crippen LogP contribution in [0.4, 0.5) is 5.13 Å². The van der Waals surface area contributed by atoms with E-state index in [0.717, 1.165) is 4.70 Å². The van der Waals surface area contributed by atoms with Crippen LogP contribution >= 0.6 is 34.5 Å². The smallest absolute Gasteiger partial charge is 0.257 e. The Labute approximate surface area is 188 Å². The predicted molar refractivity (Wildman–Crippen MR) is 123 cm³/mol. The Kier molecular flexibility index (Phi) is 6.95. The fourth-order valence-electron chi connectivity index (χ4n) is 2.65. The van der Waals surface area contributed by atoms with Crippen molar-refractivity contribution in [3.63, 3.8) is 0 Å². The highest BCUT2D eigenvalue weighted by Gasteiger charge is 2.23. The number of fused-ring (bicyclic) bond motifs is 1. The van der Waals surface area contributed by atoms with E-state index in [0.29, 0.717) is 20.7 Å². The van der Waals surface area contributed by atoms with Gasteiger partial charge in [-0.25, -0.2) is 13.4 Å². The predicted octanol–water partition coefficient (Wildman–Crippen LogP) is 5.22. The number of nitrogens with zero attached hydrogens (tertiary/aromatic N) is 2. The normalized spacial score (nSPS) is 11.6. The number of anilines is 1. The Hall–Kier alpha value is -2.23. The summed E-state index contributed by atoms with van der Waals surface area (Å²) in [6.07, 6.45) is 3.00. The molecular weight excluding hydrogens is 465 g/mol. The van der Waals surface area contributed by atoms with E-state index in [4.69, 9.17) is 23.2 Å². The molecule has 156 valence electrons. The van der Waals surface area contributed by atoms with Gasteiger partial charge in [0.2, 0.25) is 10.0 Å². The molecular formula is C20H17Cl2N3O3S2. The van der Waals surface area contributed by atoms with E-state index in [1.165, 1.54) is 52.1 Å². The molecule has 0 aliphatic rings. The van der Waals surface area contributed by atoms with Crippen LogP contribution in [0.25, 0.3) is 10.2 Å². The van der Waals surface area contributed by atoms with Crippen LogP contribution < -0.4 is 5.32 Å². The second-order valence-corrected chi connectivity index (χ2v) is 9.86. The summed E-state index contributed by atoms with van der Waals surface area (Å²) in [5.74, 6) is -0.422. The molecule has 0 aliphatic heterocycles. The van der Waals surface area contributed by atoms with Gasteiger partial charge in [-0.05, 0) is 36.4 Å². The van der Waals surface area contributed by atoms with E-state index < -0.39 is 15.9 Å². The Morgan fingerprint density at radius 2 is 1.73 bits per heavy atom. The van der Waals surface area contributed by atoms with E-state index in [9.17, 15) is 13.2 Å². The molecule has 0 aliphatic carbocycles. The minimum absolute atomic E-state index is 0.0733. The van der Waals surface area contributed by atoms with Gasteiger partial charge in [0.15, 0.2) is 5.13 Å². The molecule has 0 atom stereocenters. The van der Waals surface area contributed by atoms with Gasteiger partial charge < -0.3 is 0 Å². The summed E-state index contributed by atoms with van der Waals surface area (Å²) in [5, 5.41) is 3.76. The summed E-state index contributed by atoms with van der Waals surface area (Å²) >= 11 is 13.4. The molecule has 0 saturated heterocycles. The van der Waals surface area contributed by atoms with Gasteiger partial charge in [-0.1, -0.05) is 46.7 Å². The first-order valence-electron chi connectivity index (χ1n) is 8.66. The number of amides is 1. The average molecular weight is 482 g/mol. The van der Waals surface area contributed by atoms with E-state index >= 15 is 0 Å². The Morgan fingerprint density at radius 3 is 2.33 bits per heavy atom. The Morgan fingerprint density at radius 1 is 1.10 bits per heavy atom. The maximum absolute atomic E-state index is 12.7. The summed E-state index contributed by atoms with van der Waals surface area (Å²) in [6, 6.07) is 9.10. The van der Waals surface area contributed by atoms with Crippen molar-refractivity contribution in [1.82, 2.24) is 9.29 Å². The molecule has 10 heteroatoms. The van der Waals surface area contributed by atoms with Crippen molar-refractivity contribution < 1.29 is 13.2 Å². The van der Waals surface area contributed by atoms with Crippen LogP contribution in [-0.4, -0.2) is 36.7 Å². The van der Waals surface area contributed by atoms with Crippen LogP contribution in [0.1, 0.15) is 10.4 Å². The number of halogens is 2. The van der Waals surface area contributed by atoms with Crippen molar-refractivity contribution in [2.24, 2.45) is 0 Å². The highest BCUT2D eigenvalue weighted by Crippen LogP contribution is 2.35. The highest BCUT2D eigenvalue weighted by atomic mass is 35.5. The standard InChI is InChI=1S/C20H17Cl2N3O3S2/c1-3-11-25(12-4-2)30(27,28)14-7-5-13(6-8-14)19(26)24-20-23-18-16(29-20)10-9-15(21)17(18)22/h3-10H,1-2,11-12H2,(H,23,24,26). The highest BCUT2D eigenvalue weighted by molar-refractivity contribution is 7.89. The third-order valence-electron chi connectivity index (χ3n) is 4.09. The number of carbonyl (C=O) groups is 1. The number of rotatable bonds is 8. The summed E-state index contributed by atoms with van der Waals surface area (Å²) < 4.78 is 27.5. The Bertz CT molecular complexity index is 1210. The van der Waals surface area contributed by atoms with E-state index in [-0.39, 0.29) is 23.5 Å². The molecule has 3 rings (SSSR count). The van der Waals surface area contributed by atoms with E-state index in [1.807, 2.05) is 0 Å². The van der Waals surface area contributed by atoms with Gasteiger partial charge in [0.05, 0.1) is 19.6 Å². The van der Waals surface area contributed by atoms with Gasteiger partial charge in [-0.3, -0.25) is 10.1 Å². The van der Waals surface area contributed by atoms with Gasteiger partial charge in [-0.15, -0.1) is 13.2 Å². The van der Waals surface area contributed by atoms with Gasteiger partial charge >= 0.3 is 0 Å². The minimum Gasteiger partial charge on any atom is -0.298 e. The number of hydrogen-bond donors (Lipinski definition) is 1. The Balaban J connectivity index is 1.80. The second-order valence-electron chi connectivity index (χ2n) is 6.11. The maximum atomic E-state index is 12.7. The van der Waals surface area contributed by atoms with Crippen LogP contribution in [-0.2, 0) is 10.0 Å². The zero-order chi connectivity index (χ0) is 21.9. The van der Waals surface area contributed by atoms with Crippen LogP contribution in [0.3, 0.4) is 0 Å². The molecule has 6 nitrogen and oxygen atoms in total. The molecule has 0 unspecified atom stereocenters. The first-order chi connectivity index (χ1) is 14.3. The third kappa shape index (κ3) is 4.58. The molecule has 0 bridgehead atoms. The fourth-order valence-corrected chi connectivity index (χ4v) is 5.31. The molecule has 2 aromatic carbocycles. The van der Waals surface area contributed by atoms with Crippen molar-refractivity contribution in [3.8, 4) is 0 Å². The van der Waals surface area contributed by atoms with Crippen molar-refractivity contribution in [2.45, 2.75) is 4.90 Å². The van der Waals surface area contributed by atoms with Crippen molar-refractivity contribution >= 4 is 65.8 Å². The first-order valence-corrected chi connectivity index (χ1v) is 11.7. The molecule has 1 heterocycles. The summed E-state index contributed by atoms with van der Waals surface area (Å²) in [5.41, 5.74) is 0.798. The van der Waals surface area contributed by atoms with Crippen LogP contribution in [0, 0.1) is 0 Å². The summed E-state index contributed by atoms with van der Waals surface area (Å²) in [4.78, 5) is 16.9. The lowest BCUT2D eigenvalue weighted by atomic mass is 10.2. The summed E-state index contributed by atoms with van der Waals surface area (Å²) in [6.45, 7) is 7.47. The minimum atomic E-state index is -3.73. The zero-order valence-corrected chi connectivity index (χ0v) is 18.8. The molecule has 1 N–H and O–H groups in total. The number of benzene rings is 2. The van der Waals surface area contributed by atoms with Gasteiger partial charge in [-0.2, -0.15) is 4.31 Å². The first kappa shape index (κ1) is 22.5. The number of nitrogens with one attached hydrogen (secondary N) is 1. The quantitative estimate of drug-likeness (QED) is 0.447. The lowest BCUT2D eigenvalue weighted by Crippen LogP contribution is -2.31. The SMILES string of the molecule is C=CCN(CC=C)S(=O)(=O)c1ccc(C(=O)Nc2nc3c(Cl)c(Cl)ccc3s2)cc1. The molecule has 0 saturated carbocycles. The molecule has 0 radical (unpaired) electrons. The fraction of sp³-hybridized carbons (Fsp3) is 0.100. The van der Waals surface area contributed by atoms with Gasteiger partial charge in [0.1, 0.15) is 5.52 Å². The van der Waals surface area contributed by atoms with Crippen molar-refractivity contribution in [2.75, 3.05) is 18.4 Å². The van der Waals surface area contributed by atoms with Crippen LogP contribution in [0.5, 0.6) is 0 Å². The van der Waals surface area contributed by atoms with E-state index in [1.54, 1.807) is 12.1 Å². The topological polar surface area (TPSA) is 79.4 Å². The van der Waals surface area contributed by atoms with Gasteiger partial charge in [0.25, 0.3) is 5.91 Å². The zero-order valence-electron chi connectivity index (χ0n) is 15.6. The number of thiazole rings is 1. The monoisotopic (exact) mass is 481 g/mol. The van der Waals surface area contributed by atoms with Crippen molar-refractivity contribution in [1.29, 1.82) is 0 Å². The molecule has 1 amide bonds. The van der Waals surface area contributed by atoms with Crippen LogP contribution in [0.15, 0.2) is 66.6 Å². The molecule has 30 heavy (non-hydrogen) atoms. The number of carbonyl (C=O) groups excluding carboxylic acids is 1. The number of hydrogen-bond acceptors (Lipinski definition) is 5. The lowest BCUT2D eigenvalue weighted by molar-refractivity contribution is 0.102. The maximum Gasteiger partial charge on any atom is 0.257 e. The van der Waals surface area contributed by atoms with Gasteiger partial charge in [0, 0.05) is 18.7 Å². The summed E-state index contributed by atoms with van der Waals surface area (Å²) in [7, 11) is -3.73. The molecule has 0 spiro atoms. The third-order valence-corrected chi connectivity index (χ3v) is 7.67. The lowest BCUT2D eigenvalue weighted by Gasteiger charge is -2.19.